The molecule has 0 saturated heterocycles. The second kappa shape index (κ2) is 7.61. The van der Waals surface area contributed by atoms with Gasteiger partial charge < -0.3 is 4.74 Å². The molecule has 0 aromatic heterocycles. The topological polar surface area (TPSA) is 9.23 Å². The van der Waals surface area contributed by atoms with Gasteiger partial charge in [0, 0.05) is 10.6 Å². The first-order valence-corrected chi connectivity index (χ1v) is 12.1. The minimum atomic E-state index is -3.35. The molecule has 1 nitrogen and oxygen atoms in total. The third-order valence-electron chi connectivity index (χ3n) is 6.72. The number of alkyl halides is 3. The van der Waals surface area contributed by atoms with Gasteiger partial charge in [-0.2, -0.15) is 8.78 Å². The predicted octanol–water partition coefficient (Wildman–Crippen LogP) is 8.31. The summed E-state index contributed by atoms with van der Waals surface area (Å²) in [6.07, 6.45) is 0. The van der Waals surface area contributed by atoms with Crippen LogP contribution in [0.15, 0.2) is 115 Å². The van der Waals surface area contributed by atoms with Crippen LogP contribution in [0.5, 0.6) is 0 Å². The van der Waals surface area contributed by atoms with Crippen LogP contribution < -0.4 is 0 Å². The van der Waals surface area contributed by atoms with Gasteiger partial charge in [-0.25, -0.2) is 0 Å². The van der Waals surface area contributed by atoms with Crippen molar-refractivity contribution in [3.05, 3.63) is 148 Å². The molecule has 2 atom stereocenters. The van der Waals surface area contributed by atoms with Crippen molar-refractivity contribution in [3.8, 4) is 0 Å². The van der Waals surface area contributed by atoms with Crippen LogP contribution in [0.4, 0.5) is 8.78 Å². The Labute approximate surface area is 209 Å². The molecule has 0 radical (unpaired) electrons. The molecule has 2 heterocycles. The maximum absolute atomic E-state index is 15.8. The Bertz CT molecular complexity index is 1410. The van der Waals surface area contributed by atoms with E-state index in [2.05, 4.69) is 15.9 Å². The van der Waals surface area contributed by atoms with Crippen LogP contribution >= 0.6 is 27.5 Å². The zero-order valence-electron chi connectivity index (χ0n) is 17.8. The summed E-state index contributed by atoms with van der Waals surface area (Å²) in [6, 6.07) is 33.5. The van der Waals surface area contributed by atoms with Gasteiger partial charge in [-0.1, -0.05) is 109 Å². The maximum atomic E-state index is 15.8. The molecule has 4 aromatic rings. The van der Waals surface area contributed by atoms with Crippen molar-refractivity contribution >= 4 is 33.1 Å². The normalized spacial score (nSPS) is 23.3. The fourth-order valence-corrected chi connectivity index (χ4v) is 6.13. The van der Waals surface area contributed by atoms with Gasteiger partial charge in [-0.3, -0.25) is 0 Å². The van der Waals surface area contributed by atoms with E-state index in [1.807, 2.05) is 84.9 Å². The quantitative estimate of drug-likeness (QED) is 0.239. The Morgan fingerprint density at radius 2 is 1.12 bits per heavy atom. The number of benzene rings is 4. The molecule has 2 unspecified atom stereocenters. The highest BCUT2D eigenvalue weighted by Crippen LogP contribution is 2.71. The van der Waals surface area contributed by atoms with Gasteiger partial charge in [-0.15, -0.1) is 0 Å². The number of hydrogen-bond acceptors (Lipinski definition) is 1. The number of halogens is 4. The summed E-state index contributed by atoms with van der Waals surface area (Å²) in [5.74, 6) is 0. The third kappa shape index (κ3) is 2.86. The summed E-state index contributed by atoms with van der Waals surface area (Å²) >= 11 is 8.92. The smallest absolute Gasteiger partial charge is 0.326 e. The number of hydrogen-bond donors (Lipinski definition) is 0. The monoisotopic (exact) mass is 534 g/mol. The Balaban J connectivity index is 1.82. The Hall–Kier alpha value is -2.79. The second-order valence-corrected chi connectivity index (χ2v) is 9.93. The minimum absolute atomic E-state index is 0.115. The molecule has 2 bridgehead atoms. The summed E-state index contributed by atoms with van der Waals surface area (Å²) < 4.78 is 38.5. The highest BCUT2D eigenvalue weighted by molar-refractivity contribution is 9.10. The van der Waals surface area contributed by atoms with E-state index < -0.39 is 16.0 Å². The third-order valence-corrected chi connectivity index (χ3v) is 7.37. The van der Waals surface area contributed by atoms with Gasteiger partial charge >= 0.3 is 4.83 Å². The van der Waals surface area contributed by atoms with Crippen LogP contribution in [-0.4, -0.2) is 4.83 Å². The summed E-state index contributed by atoms with van der Waals surface area (Å²) in [6.45, 7) is 0. The molecule has 5 heteroatoms. The maximum Gasteiger partial charge on any atom is 0.326 e. The molecule has 4 aromatic carbocycles. The van der Waals surface area contributed by atoms with E-state index in [1.54, 1.807) is 24.3 Å². The van der Waals surface area contributed by atoms with E-state index in [1.165, 1.54) is 0 Å². The van der Waals surface area contributed by atoms with Gasteiger partial charge in [0.2, 0.25) is 0 Å². The van der Waals surface area contributed by atoms with Gasteiger partial charge in [-0.05, 0) is 55.9 Å². The first-order valence-electron chi connectivity index (χ1n) is 10.9. The summed E-state index contributed by atoms with van der Waals surface area (Å²) in [7, 11) is 0. The summed E-state index contributed by atoms with van der Waals surface area (Å²) in [5.41, 5.74) is 1.26. The van der Waals surface area contributed by atoms with E-state index in [0.717, 1.165) is 16.7 Å². The number of rotatable bonds is 4. The average molecular weight is 536 g/mol. The Morgan fingerprint density at radius 1 is 0.647 bits per heavy atom. The van der Waals surface area contributed by atoms with Crippen LogP contribution in [0.25, 0.3) is 5.57 Å². The number of fused-ring (bicyclic) bond motifs is 5. The van der Waals surface area contributed by atoms with Crippen molar-refractivity contribution in [1.82, 2.24) is 0 Å². The van der Waals surface area contributed by atoms with Gasteiger partial charge in [0.15, 0.2) is 0 Å². The van der Waals surface area contributed by atoms with Gasteiger partial charge in [0.1, 0.15) is 11.2 Å². The molecule has 0 fully saturated rings. The molecule has 0 amide bonds. The molecule has 34 heavy (non-hydrogen) atoms. The first kappa shape index (κ1) is 21.7. The van der Waals surface area contributed by atoms with Crippen LogP contribution in [-0.2, 0) is 15.9 Å². The van der Waals surface area contributed by atoms with Crippen molar-refractivity contribution in [2.24, 2.45) is 0 Å². The Morgan fingerprint density at radius 3 is 1.65 bits per heavy atom. The average Bonchev–Trinajstić information content (AvgIpc) is 3.36. The predicted molar refractivity (Wildman–Crippen MR) is 134 cm³/mol. The molecule has 0 saturated carbocycles. The second-order valence-electron chi connectivity index (χ2n) is 8.50. The lowest BCUT2D eigenvalue weighted by Gasteiger charge is -2.34. The molecule has 0 N–H and O–H groups in total. The van der Waals surface area contributed by atoms with E-state index in [0.29, 0.717) is 21.7 Å². The van der Waals surface area contributed by atoms with Crippen molar-refractivity contribution in [2.45, 2.75) is 16.0 Å². The lowest BCUT2D eigenvalue weighted by Crippen LogP contribution is -2.35. The highest BCUT2D eigenvalue weighted by Gasteiger charge is 2.69. The van der Waals surface area contributed by atoms with E-state index in [4.69, 9.17) is 16.3 Å². The van der Waals surface area contributed by atoms with Gasteiger partial charge in [0.25, 0.3) is 0 Å². The minimum Gasteiger partial charge on any atom is -0.340 e. The molecule has 168 valence electrons. The molecule has 2 aliphatic heterocycles. The SMILES string of the molecule is FC(F)(Br)C1=C(c2ccc(Cl)cc2)C2(c3ccccc3)OC1(c1ccccc1)c1ccccc12. The fraction of sp³-hybridized carbons (Fsp3) is 0.103. The van der Waals surface area contributed by atoms with Crippen LogP contribution in [0, 0.1) is 0 Å². The molecular formula is C29H18BrClF2O. The van der Waals surface area contributed by atoms with Crippen molar-refractivity contribution < 1.29 is 13.5 Å². The molecule has 0 aliphatic carbocycles. The molecular weight excluding hydrogens is 518 g/mol. The van der Waals surface area contributed by atoms with Crippen LogP contribution in [0.1, 0.15) is 27.8 Å². The Kier molecular flexibility index (Phi) is 4.86. The highest BCUT2D eigenvalue weighted by atomic mass is 79.9. The molecule has 0 spiro atoms. The molecule has 6 rings (SSSR count). The van der Waals surface area contributed by atoms with Crippen molar-refractivity contribution in [1.29, 1.82) is 0 Å². The zero-order chi connectivity index (χ0) is 23.6. The fourth-order valence-electron chi connectivity index (χ4n) is 5.53. The van der Waals surface area contributed by atoms with Crippen LogP contribution in [0.2, 0.25) is 5.02 Å². The van der Waals surface area contributed by atoms with Crippen molar-refractivity contribution in [2.75, 3.05) is 0 Å². The van der Waals surface area contributed by atoms with Crippen molar-refractivity contribution in [3.63, 3.8) is 0 Å². The summed E-state index contributed by atoms with van der Waals surface area (Å²) in [4.78, 5) is -3.35. The molecule has 2 aliphatic rings. The number of ether oxygens (including phenoxy) is 1. The summed E-state index contributed by atoms with van der Waals surface area (Å²) in [5, 5.41) is 0.535. The van der Waals surface area contributed by atoms with Gasteiger partial charge in [0.05, 0.1) is 5.57 Å². The van der Waals surface area contributed by atoms with Crippen LogP contribution in [0.3, 0.4) is 0 Å². The standard InChI is InChI=1S/C29H18BrClF2O/c30-29(32,33)26-25(19-15-17-22(31)18-16-19)27(20-9-3-1-4-10-20)23-13-7-8-14-24(23)28(26,34-27)21-11-5-2-6-12-21/h1-18H. The zero-order valence-corrected chi connectivity index (χ0v) is 20.2. The van der Waals surface area contributed by atoms with E-state index in [9.17, 15) is 0 Å². The lowest BCUT2D eigenvalue weighted by atomic mass is 9.66. The van der Waals surface area contributed by atoms with E-state index >= 15 is 8.78 Å². The first-order chi connectivity index (χ1) is 16.4. The largest absolute Gasteiger partial charge is 0.340 e. The van der Waals surface area contributed by atoms with E-state index in [-0.39, 0.29) is 5.57 Å². The lowest BCUT2D eigenvalue weighted by molar-refractivity contribution is -0.0375.